The molecule has 4 rings (SSSR count). The standard InChI is InChI=1S/C31H37FN2O7/c1-3-4-5-6-11-26(37)34(17-20-9-7-8-10-23(20)32)24-16-22(31(39)33-12-13-35)27-21-14-19(18-36)15-25(40-2)29(21)41-30(27)28(24)38/h3,7-10,14-16,24,27-28,30,35-36,38H,1,4-6,11-13,17-18H2,2H3,(H,33,39)/t24-,27+,28+,30+/m1/s1. The van der Waals surface area contributed by atoms with Crippen molar-refractivity contribution in [2.24, 2.45) is 0 Å². The number of nitrogens with zero attached hydrogens (tertiary/aromatic N) is 1. The highest BCUT2D eigenvalue weighted by atomic mass is 19.1. The Kier molecular flexibility index (Phi) is 10.1. The van der Waals surface area contributed by atoms with Gasteiger partial charge in [0.15, 0.2) is 11.5 Å². The summed E-state index contributed by atoms with van der Waals surface area (Å²) >= 11 is 0. The van der Waals surface area contributed by atoms with Crippen molar-refractivity contribution in [2.75, 3.05) is 20.3 Å². The molecule has 220 valence electrons. The van der Waals surface area contributed by atoms with E-state index in [-0.39, 0.29) is 49.8 Å². The summed E-state index contributed by atoms with van der Waals surface area (Å²) in [5.74, 6) is -1.37. The Morgan fingerprint density at radius 3 is 2.68 bits per heavy atom. The third-order valence-corrected chi connectivity index (χ3v) is 7.52. The monoisotopic (exact) mass is 568 g/mol. The Morgan fingerprint density at radius 1 is 1.22 bits per heavy atom. The summed E-state index contributed by atoms with van der Waals surface area (Å²) in [5.41, 5.74) is 1.59. The van der Waals surface area contributed by atoms with Crippen LogP contribution in [-0.4, -0.2) is 70.5 Å². The quantitative estimate of drug-likeness (QED) is 0.216. The van der Waals surface area contributed by atoms with Gasteiger partial charge in [-0.15, -0.1) is 6.58 Å². The fourth-order valence-electron chi connectivity index (χ4n) is 5.50. The smallest absolute Gasteiger partial charge is 0.247 e. The molecule has 4 N–H and O–H groups in total. The fourth-order valence-corrected chi connectivity index (χ4v) is 5.50. The summed E-state index contributed by atoms with van der Waals surface area (Å²) in [5, 5.41) is 33.5. The second-order valence-corrected chi connectivity index (χ2v) is 10.2. The van der Waals surface area contributed by atoms with Crippen molar-refractivity contribution < 1.29 is 38.8 Å². The van der Waals surface area contributed by atoms with Crippen LogP contribution in [0, 0.1) is 5.82 Å². The van der Waals surface area contributed by atoms with Gasteiger partial charge >= 0.3 is 0 Å². The van der Waals surface area contributed by atoms with Gasteiger partial charge < -0.3 is 35.0 Å². The first-order valence-electron chi connectivity index (χ1n) is 13.8. The SMILES string of the molecule is C=CCCCCC(=O)N(Cc1ccccc1F)[C@@H]1C=C(C(=O)NCCO)[C@@H]2c3cc(CO)cc(OC)c3O[C@@H]2[C@H]1O. The largest absolute Gasteiger partial charge is 0.493 e. The van der Waals surface area contributed by atoms with Crippen LogP contribution >= 0.6 is 0 Å². The Morgan fingerprint density at radius 2 is 2.00 bits per heavy atom. The van der Waals surface area contributed by atoms with E-state index in [9.17, 15) is 29.3 Å². The number of rotatable bonds is 13. The van der Waals surface area contributed by atoms with Crippen LogP contribution in [0.3, 0.4) is 0 Å². The zero-order valence-corrected chi connectivity index (χ0v) is 23.1. The minimum absolute atomic E-state index is 0.00430. The van der Waals surface area contributed by atoms with E-state index in [1.165, 1.54) is 24.2 Å². The number of carbonyl (C=O) groups excluding carboxylic acids is 2. The minimum Gasteiger partial charge on any atom is -0.493 e. The molecule has 2 aromatic rings. The summed E-state index contributed by atoms with van der Waals surface area (Å²) in [7, 11) is 1.45. The number of nitrogens with one attached hydrogen (secondary N) is 1. The van der Waals surface area contributed by atoms with Gasteiger partial charge in [-0.25, -0.2) is 4.39 Å². The average Bonchev–Trinajstić information content (AvgIpc) is 3.37. The van der Waals surface area contributed by atoms with Crippen molar-refractivity contribution in [2.45, 2.75) is 63.0 Å². The number of benzene rings is 2. The van der Waals surface area contributed by atoms with Gasteiger partial charge in [-0.3, -0.25) is 9.59 Å². The third kappa shape index (κ3) is 6.45. The number of carbonyl (C=O) groups is 2. The molecule has 1 heterocycles. The van der Waals surface area contributed by atoms with Gasteiger partial charge in [-0.1, -0.05) is 24.3 Å². The summed E-state index contributed by atoms with van der Waals surface area (Å²) < 4.78 is 26.5. The first kappa shape index (κ1) is 30.2. The van der Waals surface area contributed by atoms with Gasteiger partial charge in [-0.2, -0.15) is 0 Å². The number of unbranched alkanes of at least 4 members (excludes halogenated alkanes) is 2. The second-order valence-electron chi connectivity index (χ2n) is 10.2. The lowest BCUT2D eigenvalue weighted by Gasteiger charge is -2.41. The van der Waals surface area contributed by atoms with Gasteiger partial charge in [0.05, 0.1) is 32.3 Å². The van der Waals surface area contributed by atoms with Crippen LogP contribution in [0.25, 0.3) is 0 Å². The molecule has 4 atom stereocenters. The molecule has 0 saturated carbocycles. The number of halogens is 1. The van der Waals surface area contributed by atoms with Crippen LogP contribution < -0.4 is 14.8 Å². The zero-order valence-electron chi connectivity index (χ0n) is 23.1. The molecule has 0 bridgehead atoms. The van der Waals surface area contributed by atoms with Crippen LogP contribution in [0.15, 0.2) is 60.7 Å². The minimum atomic E-state index is -1.28. The molecular weight excluding hydrogens is 531 g/mol. The van der Waals surface area contributed by atoms with E-state index >= 15 is 0 Å². The fraction of sp³-hybridized carbons (Fsp3) is 0.419. The average molecular weight is 569 g/mol. The molecule has 10 heteroatoms. The van der Waals surface area contributed by atoms with Crippen molar-refractivity contribution in [3.63, 3.8) is 0 Å². The van der Waals surface area contributed by atoms with E-state index in [2.05, 4.69) is 11.9 Å². The molecule has 0 aromatic heterocycles. The number of fused-ring (bicyclic) bond motifs is 3. The number of ether oxygens (including phenoxy) is 2. The molecule has 0 saturated heterocycles. The normalized spacial score (nSPS) is 20.8. The third-order valence-electron chi connectivity index (χ3n) is 7.52. The maximum atomic E-state index is 14.7. The topological polar surface area (TPSA) is 129 Å². The van der Waals surface area contributed by atoms with Gasteiger partial charge in [0.2, 0.25) is 11.8 Å². The highest BCUT2D eigenvalue weighted by molar-refractivity contribution is 5.96. The van der Waals surface area contributed by atoms with E-state index in [0.29, 0.717) is 29.0 Å². The maximum Gasteiger partial charge on any atom is 0.247 e. The Bertz CT molecular complexity index is 1300. The number of allylic oxidation sites excluding steroid dienone is 1. The Hall–Kier alpha value is -3.73. The summed E-state index contributed by atoms with van der Waals surface area (Å²) in [4.78, 5) is 28.5. The van der Waals surface area contributed by atoms with E-state index in [1.807, 2.05) is 0 Å². The van der Waals surface area contributed by atoms with Gasteiger partial charge in [0.1, 0.15) is 18.0 Å². The van der Waals surface area contributed by atoms with Crippen LogP contribution in [-0.2, 0) is 22.7 Å². The molecule has 1 aliphatic heterocycles. The van der Waals surface area contributed by atoms with Crippen LogP contribution in [0.4, 0.5) is 4.39 Å². The number of aliphatic hydroxyl groups is 3. The number of hydrogen-bond donors (Lipinski definition) is 4. The lowest BCUT2D eigenvalue weighted by molar-refractivity contribution is -0.138. The number of aliphatic hydroxyl groups excluding tert-OH is 3. The van der Waals surface area contributed by atoms with Crippen molar-refractivity contribution in [1.29, 1.82) is 0 Å². The number of hydrogen-bond acceptors (Lipinski definition) is 7. The molecule has 9 nitrogen and oxygen atoms in total. The predicted molar refractivity (Wildman–Crippen MR) is 150 cm³/mol. The molecule has 2 aromatic carbocycles. The second kappa shape index (κ2) is 13.8. The lowest BCUT2D eigenvalue weighted by atomic mass is 9.77. The molecule has 41 heavy (non-hydrogen) atoms. The van der Waals surface area contributed by atoms with Crippen molar-refractivity contribution in [1.82, 2.24) is 10.2 Å². The van der Waals surface area contributed by atoms with Crippen LogP contribution in [0.1, 0.15) is 48.3 Å². The molecule has 0 fully saturated rings. The molecular formula is C31H37FN2O7. The van der Waals surface area contributed by atoms with Gasteiger partial charge in [0.25, 0.3) is 0 Å². The highest BCUT2D eigenvalue weighted by Crippen LogP contribution is 2.51. The zero-order chi connectivity index (χ0) is 29.5. The predicted octanol–water partition coefficient (Wildman–Crippen LogP) is 2.72. The van der Waals surface area contributed by atoms with E-state index in [0.717, 1.165) is 12.8 Å². The van der Waals surface area contributed by atoms with E-state index in [1.54, 1.807) is 36.4 Å². The van der Waals surface area contributed by atoms with Crippen molar-refractivity contribution in [3.8, 4) is 11.5 Å². The van der Waals surface area contributed by atoms with Gasteiger partial charge in [-0.05, 0) is 49.1 Å². The first-order chi connectivity index (χ1) is 19.8. The first-order valence-corrected chi connectivity index (χ1v) is 13.8. The molecule has 2 aliphatic rings. The summed E-state index contributed by atoms with van der Waals surface area (Å²) in [6.07, 6.45) is 3.28. The summed E-state index contributed by atoms with van der Waals surface area (Å²) in [6, 6.07) is 8.41. The number of amides is 2. The maximum absolute atomic E-state index is 14.7. The van der Waals surface area contributed by atoms with E-state index < -0.39 is 35.9 Å². The van der Waals surface area contributed by atoms with Crippen LogP contribution in [0.5, 0.6) is 11.5 Å². The van der Waals surface area contributed by atoms with Crippen molar-refractivity contribution >= 4 is 11.8 Å². The molecule has 0 spiro atoms. The molecule has 0 unspecified atom stereocenters. The van der Waals surface area contributed by atoms with Crippen LogP contribution in [0.2, 0.25) is 0 Å². The number of methoxy groups -OCH3 is 1. The molecule has 0 radical (unpaired) electrons. The lowest BCUT2D eigenvalue weighted by Crippen LogP contribution is -2.55. The Balaban J connectivity index is 1.78. The Labute approximate surface area is 238 Å². The molecule has 2 amide bonds. The van der Waals surface area contributed by atoms with Crippen molar-refractivity contribution in [3.05, 3.63) is 83.2 Å². The van der Waals surface area contributed by atoms with E-state index in [4.69, 9.17) is 9.47 Å². The summed E-state index contributed by atoms with van der Waals surface area (Å²) in [6.45, 7) is 3.02. The molecule has 1 aliphatic carbocycles. The highest BCUT2D eigenvalue weighted by Gasteiger charge is 2.51. The van der Waals surface area contributed by atoms with Gasteiger partial charge in [0, 0.05) is 36.2 Å².